The van der Waals surface area contributed by atoms with Gasteiger partial charge in [-0.25, -0.2) is 0 Å². The number of thiophene rings is 1. The molecule has 4 heteroatoms. The third-order valence-corrected chi connectivity index (χ3v) is 5.57. The Balaban J connectivity index is 1.88. The summed E-state index contributed by atoms with van der Waals surface area (Å²) in [5.41, 5.74) is 3.48. The van der Waals surface area contributed by atoms with Crippen molar-refractivity contribution in [2.75, 3.05) is 5.32 Å². The summed E-state index contributed by atoms with van der Waals surface area (Å²) < 4.78 is 1.37. The zero-order chi connectivity index (χ0) is 13.2. The lowest BCUT2D eigenvalue weighted by atomic mass is 9.93. The Morgan fingerprint density at radius 2 is 2.21 bits per heavy atom. The number of hydrogen-bond donors (Lipinski definition) is 2. The van der Waals surface area contributed by atoms with E-state index >= 15 is 0 Å². The second-order valence-corrected chi connectivity index (χ2v) is 7.86. The Morgan fingerprint density at radius 3 is 3.05 bits per heavy atom. The fourth-order valence-electron chi connectivity index (χ4n) is 2.66. The average molecular weight is 385 g/mol. The molecule has 1 aromatic carbocycles. The molecule has 2 nitrogen and oxygen atoms in total. The van der Waals surface area contributed by atoms with Gasteiger partial charge in [-0.2, -0.15) is 0 Å². The minimum atomic E-state index is 0.0872. The molecule has 1 aliphatic carbocycles. The van der Waals surface area contributed by atoms with Gasteiger partial charge in [-0.1, -0.05) is 18.2 Å². The zero-order valence-corrected chi connectivity index (χ0v) is 13.5. The first-order chi connectivity index (χ1) is 9.28. The van der Waals surface area contributed by atoms with Crippen LogP contribution in [0.15, 0.2) is 30.3 Å². The fourth-order valence-corrected chi connectivity index (χ4v) is 4.78. The van der Waals surface area contributed by atoms with Gasteiger partial charge in [0.25, 0.3) is 0 Å². The van der Waals surface area contributed by atoms with Gasteiger partial charge in [0.2, 0.25) is 0 Å². The fraction of sp³-hybridized carbons (Fsp3) is 0.333. The van der Waals surface area contributed by atoms with E-state index in [1.165, 1.54) is 32.6 Å². The molecule has 3 rings (SSSR count). The minimum Gasteiger partial charge on any atom is -0.392 e. The van der Waals surface area contributed by atoms with E-state index < -0.39 is 0 Å². The molecule has 1 aromatic heterocycles. The number of benzene rings is 1. The number of hydrogen-bond acceptors (Lipinski definition) is 3. The first-order valence-corrected chi connectivity index (χ1v) is 8.41. The number of aliphatic hydroxyl groups excluding tert-OH is 1. The van der Waals surface area contributed by atoms with Crippen LogP contribution in [0.5, 0.6) is 0 Å². The maximum absolute atomic E-state index is 9.41. The van der Waals surface area contributed by atoms with Crippen LogP contribution in [-0.4, -0.2) is 5.11 Å². The lowest BCUT2D eigenvalue weighted by Gasteiger charge is -2.25. The minimum absolute atomic E-state index is 0.0872. The second kappa shape index (κ2) is 5.81. The van der Waals surface area contributed by atoms with Crippen molar-refractivity contribution in [3.05, 3.63) is 49.2 Å². The summed E-state index contributed by atoms with van der Waals surface area (Å²) in [5.74, 6) is 0. The van der Waals surface area contributed by atoms with E-state index in [-0.39, 0.29) is 6.61 Å². The van der Waals surface area contributed by atoms with Crippen LogP contribution in [0.25, 0.3) is 0 Å². The summed E-state index contributed by atoms with van der Waals surface area (Å²) >= 11 is 4.32. The normalized spacial score (nSPS) is 18.1. The summed E-state index contributed by atoms with van der Waals surface area (Å²) in [4.78, 5) is 1.52. The van der Waals surface area contributed by atoms with E-state index in [9.17, 15) is 5.11 Å². The SMILES string of the molecule is OCc1ccccc1NC1CCCc2sc(I)cc21. The highest BCUT2D eigenvalue weighted by molar-refractivity contribution is 14.1. The highest BCUT2D eigenvalue weighted by atomic mass is 127. The molecule has 2 aromatic rings. The van der Waals surface area contributed by atoms with E-state index in [4.69, 9.17) is 0 Å². The molecule has 1 unspecified atom stereocenters. The zero-order valence-electron chi connectivity index (χ0n) is 10.5. The second-order valence-electron chi connectivity index (χ2n) is 4.83. The average Bonchev–Trinajstić information content (AvgIpc) is 2.81. The first-order valence-electron chi connectivity index (χ1n) is 6.51. The lowest BCUT2D eigenvalue weighted by Crippen LogP contribution is -2.16. The van der Waals surface area contributed by atoms with Gasteiger partial charge in [0.1, 0.15) is 0 Å². The van der Waals surface area contributed by atoms with Crippen molar-refractivity contribution in [2.45, 2.75) is 31.9 Å². The number of fused-ring (bicyclic) bond motifs is 1. The smallest absolute Gasteiger partial charge is 0.0701 e. The molecule has 0 fully saturated rings. The van der Waals surface area contributed by atoms with E-state index in [2.05, 4.69) is 40.0 Å². The van der Waals surface area contributed by atoms with Crippen molar-refractivity contribution >= 4 is 39.6 Å². The molecule has 2 N–H and O–H groups in total. The number of anilines is 1. The molecule has 1 atom stereocenters. The van der Waals surface area contributed by atoms with Crippen molar-refractivity contribution in [2.24, 2.45) is 0 Å². The molecular formula is C15H16INOS. The van der Waals surface area contributed by atoms with Crippen LogP contribution < -0.4 is 5.32 Å². The third kappa shape index (κ3) is 2.80. The van der Waals surface area contributed by atoms with Crippen molar-refractivity contribution in [1.82, 2.24) is 0 Å². The monoisotopic (exact) mass is 385 g/mol. The first kappa shape index (κ1) is 13.4. The van der Waals surface area contributed by atoms with Gasteiger partial charge in [-0.15, -0.1) is 11.3 Å². The van der Waals surface area contributed by atoms with Gasteiger partial charge in [-0.05, 0) is 59.5 Å². The predicted octanol–water partition coefficient (Wildman–Crippen LogP) is 4.33. The Labute approximate surface area is 131 Å². The molecule has 100 valence electrons. The van der Waals surface area contributed by atoms with Crippen molar-refractivity contribution < 1.29 is 5.11 Å². The predicted molar refractivity (Wildman–Crippen MR) is 88.7 cm³/mol. The summed E-state index contributed by atoms with van der Waals surface area (Å²) in [6.07, 6.45) is 3.62. The molecule has 0 bridgehead atoms. The van der Waals surface area contributed by atoms with Gasteiger partial charge >= 0.3 is 0 Å². The van der Waals surface area contributed by atoms with E-state index in [0.717, 1.165) is 11.3 Å². The van der Waals surface area contributed by atoms with Crippen LogP contribution in [0.3, 0.4) is 0 Å². The molecule has 0 spiro atoms. The Morgan fingerprint density at radius 1 is 1.37 bits per heavy atom. The van der Waals surface area contributed by atoms with Crippen LogP contribution in [0, 0.1) is 2.88 Å². The maximum Gasteiger partial charge on any atom is 0.0701 e. The molecule has 0 aliphatic heterocycles. The molecular weight excluding hydrogens is 369 g/mol. The highest BCUT2D eigenvalue weighted by Crippen LogP contribution is 2.38. The van der Waals surface area contributed by atoms with Crippen LogP contribution in [0.1, 0.15) is 34.9 Å². The summed E-state index contributed by atoms with van der Waals surface area (Å²) in [7, 11) is 0. The number of aliphatic hydroxyl groups is 1. The highest BCUT2D eigenvalue weighted by Gasteiger charge is 2.22. The lowest BCUT2D eigenvalue weighted by molar-refractivity contribution is 0.282. The number of halogens is 1. The molecule has 0 saturated carbocycles. The molecule has 19 heavy (non-hydrogen) atoms. The van der Waals surface area contributed by atoms with E-state index in [0.29, 0.717) is 6.04 Å². The molecule has 0 saturated heterocycles. The Bertz CT molecular complexity index is 581. The number of para-hydroxylation sites is 1. The number of rotatable bonds is 3. The van der Waals surface area contributed by atoms with Gasteiger partial charge in [0, 0.05) is 16.1 Å². The number of nitrogens with one attached hydrogen (secondary N) is 1. The van der Waals surface area contributed by atoms with Gasteiger partial charge in [-0.3, -0.25) is 0 Å². The third-order valence-electron chi connectivity index (χ3n) is 3.60. The van der Waals surface area contributed by atoms with Crippen molar-refractivity contribution in [3.63, 3.8) is 0 Å². The van der Waals surface area contributed by atoms with Gasteiger partial charge < -0.3 is 10.4 Å². The largest absolute Gasteiger partial charge is 0.392 e. The molecule has 0 radical (unpaired) electrons. The number of aryl methyl sites for hydroxylation is 1. The van der Waals surface area contributed by atoms with Gasteiger partial charge in [0.05, 0.1) is 15.5 Å². The van der Waals surface area contributed by atoms with Gasteiger partial charge in [0.15, 0.2) is 0 Å². The summed E-state index contributed by atoms with van der Waals surface area (Å²) in [5, 5.41) is 13.0. The van der Waals surface area contributed by atoms with Crippen LogP contribution >= 0.6 is 33.9 Å². The molecule has 1 heterocycles. The summed E-state index contributed by atoms with van der Waals surface area (Å²) in [6.45, 7) is 0.0872. The quantitative estimate of drug-likeness (QED) is 0.771. The Kier molecular flexibility index (Phi) is 4.10. The van der Waals surface area contributed by atoms with E-state index in [1.54, 1.807) is 0 Å². The molecule has 1 aliphatic rings. The maximum atomic E-state index is 9.41. The standard InChI is InChI=1S/C15H16INOS/c16-15-8-11-13(6-3-7-14(11)19-15)17-12-5-2-1-4-10(12)9-18/h1-2,4-5,8,13,17-18H,3,6-7,9H2. The van der Waals surface area contributed by atoms with Crippen LogP contribution in [-0.2, 0) is 13.0 Å². The van der Waals surface area contributed by atoms with Crippen LogP contribution in [0.4, 0.5) is 5.69 Å². The summed E-state index contributed by atoms with van der Waals surface area (Å²) in [6, 6.07) is 10.7. The van der Waals surface area contributed by atoms with Crippen molar-refractivity contribution in [3.8, 4) is 0 Å². The van der Waals surface area contributed by atoms with Crippen LogP contribution in [0.2, 0.25) is 0 Å². The topological polar surface area (TPSA) is 32.3 Å². The molecule has 0 amide bonds. The Hall–Kier alpha value is -0.590. The van der Waals surface area contributed by atoms with E-state index in [1.807, 2.05) is 29.5 Å². The van der Waals surface area contributed by atoms with Crippen molar-refractivity contribution in [1.29, 1.82) is 0 Å².